The summed E-state index contributed by atoms with van der Waals surface area (Å²) in [5.41, 5.74) is -0.994. The molecule has 0 radical (unpaired) electrons. The molecule has 2 N–H and O–H groups in total. The SMILES string of the molecule is CS(=O)(=O)Cc1cccc(S(=O)(=O)n2cc(CCNC(=O)O)c(F)c2-c2cccnc2F)c1. The lowest BCUT2D eigenvalue weighted by Crippen LogP contribution is -2.23. The molecule has 0 aliphatic carbocycles. The van der Waals surface area contributed by atoms with E-state index in [-0.39, 0.29) is 29.0 Å². The molecule has 3 rings (SSSR count). The number of hydrogen-bond donors (Lipinski definition) is 2. The Morgan fingerprint density at radius 2 is 1.88 bits per heavy atom. The third-order valence-electron chi connectivity index (χ3n) is 4.55. The maximum atomic E-state index is 15.3. The highest BCUT2D eigenvalue weighted by molar-refractivity contribution is 7.90. The lowest BCUT2D eigenvalue weighted by atomic mass is 10.1. The quantitative estimate of drug-likeness (QED) is 0.455. The minimum absolute atomic E-state index is 0.169. The minimum atomic E-state index is -4.50. The van der Waals surface area contributed by atoms with Gasteiger partial charge in [-0.3, -0.25) is 0 Å². The number of pyridine rings is 1. The summed E-state index contributed by atoms with van der Waals surface area (Å²) in [6.45, 7) is -0.213. The Hall–Kier alpha value is -3.32. The Morgan fingerprint density at radius 3 is 2.52 bits per heavy atom. The number of rotatable bonds is 8. The molecule has 2 heterocycles. The van der Waals surface area contributed by atoms with Crippen LogP contribution in [0.3, 0.4) is 0 Å². The van der Waals surface area contributed by atoms with Crippen molar-refractivity contribution in [1.29, 1.82) is 0 Å². The smallest absolute Gasteiger partial charge is 0.404 e. The van der Waals surface area contributed by atoms with Gasteiger partial charge in [-0.25, -0.2) is 35.0 Å². The van der Waals surface area contributed by atoms with Crippen LogP contribution in [-0.2, 0) is 32.0 Å². The molecule has 0 aliphatic heterocycles. The van der Waals surface area contributed by atoms with Gasteiger partial charge in [-0.05, 0) is 36.2 Å². The van der Waals surface area contributed by atoms with E-state index in [1.807, 2.05) is 5.32 Å². The molecule has 0 spiro atoms. The summed E-state index contributed by atoms with van der Waals surface area (Å²) >= 11 is 0. The minimum Gasteiger partial charge on any atom is -0.465 e. The zero-order valence-corrected chi connectivity index (χ0v) is 18.8. The van der Waals surface area contributed by atoms with Crippen LogP contribution in [0.15, 0.2) is 53.7 Å². The van der Waals surface area contributed by atoms with Crippen LogP contribution >= 0.6 is 0 Å². The Morgan fingerprint density at radius 1 is 1.15 bits per heavy atom. The second kappa shape index (κ2) is 9.27. The molecule has 0 aliphatic rings. The number of amides is 1. The summed E-state index contributed by atoms with van der Waals surface area (Å²) in [4.78, 5) is 13.8. The van der Waals surface area contributed by atoms with E-state index in [9.17, 15) is 26.0 Å². The fourth-order valence-corrected chi connectivity index (χ4v) is 5.44. The van der Waals surface area contributed by atoms with Gasteiger partial charge >= 0.3 is 6.09 Å². The van der Waals surface area contributed by atoms with Crippen molar-refractivity contribution in [2.75, 3.05) is 12.8 Å². The fourth-order valence-electron chi connectivity index (χ4n) is 3.19. The number of nitrogens with one attached hydrogen (secondary N) is 1. The average Bonchev–Trinajstić information content (AvgIpc) is 3.04. The van der Waals surface area contributed by atoms with Gasteiger partial charge in [0, 0.05) is 30.8 Å². The molecule has 0 atom stereocenters. The van der Waals surface area contributed by atoms with Crippen molar-refractivity contribution < 1.29 is 35.5 Å². The largest absolute Gasteiger partial charge is 0.465 e. The lowest BCUT2D eigenvalue weighted by molar-refractivity contribution is 0.194. The Kier molecular flexibility index (Phi) is 6.84. The predicted octanol–water partition coefficient (Wildman–Crippen LogP) is 2.42. The van der Waals surface area contributed by atoms with Crippen LogP contribution in [0.4, 0.5) is 13.6 Å². The van der Waals surface area contributed by atoms with Gasteiger partial charge in [0.15, 0.2) is 15.7 Å². The van der Waals surface area contributed by atoms with E-state index in [1.165, 1.54) is 24.3 Å². The van der Waals surface area contributed by atoms with E-state index in [2.05, 4.69) is 4.98 Å². The zero-order chi connectivity index (χ0) is 24.4. The zero-order valence-electron chi connectivity index (χ0n) is 17.2. The van der Waals surface area contributed by atoms with Crippen molar-refractivity contribution in [3.05, 3.63) is 71.7 Å². The van der Waals surface area contributed by atoms with E-state index in [0.29, 0.717) is 3.97 Å². The van der Waals surface area contributed by atoms with E-state index >= 15 is 4.39 Å². The number of nitrogens with zero attached hydrogens (tertiary/aromatic N) is 2. The van der Waals surface area contributed by atoms with Crippen LogP contribution in [-0.4, -0.2) is 49.8 Å². The highest BCUT2D eigenvalue weighted by atomic mass is 32.2. The number of carboxylic acid groups (broad SMARTS) is 1. The Labute approximate surface area is 188 Å². The summed E-state index contributed by atoms with van der Waals surface area (Å²) in [6.07, 6.45) is 1.51. The highest BCUT2D eigenvalue weighted by Crippen LogP contribution is 2.32. The second-order valence-electron chi connectivity index (χ2n) is 7.16. The van der Waals surface area contributed by atoms with Crippen molar-refractivity contribution in [1.82, 2.24) is 14.3 Å². The van der Waals surface area contributed by atoms with Crippen molar-refractivity contribution in [2.24, 2.45) is 0 Å². The summed E-state index contributed by atoms with van der Waals surface area (Å²) in [7, 11) is -7.96. The van der Waals surface area contributed by atoms with Gasteiger partial charge in [-0.2, -0.15) is 4.39 Å². The maximum absolute atomic E-state index is 15.3. The molecule has 0 unspecified atom stereocenters. The number of halogens is 2. The van der Waals surface area contributed by atoms with Gasteiger partial charge in [-0.15, -0.1) is 0 Å². The molecule has 176 valence electrons. The van der Waals surface area contributed by atoms with Crippen LogP contribution < -0.4 is 5.32 Å². The normalized spacial score (nSPS) is 12.0. The van der Waals surface area contributed by atoms with Crippen LogP contribution in [0.1, 0.15) is 11.1 Å². The van der Waals surface area contributed by atoms with Gasteiger partial charge in [0.05, 0.1) is 16.2 Å². The number of hydrogen-bond acceptors (Lipinski definition) is 6. The molecule has 2 aromatic heterocycles. The van der Waals surface area contributed by atoms with Crippen LogP contribution in [0.25, 0.3) is 11.3 Å². The van der Waals surface area contributed by atoms with Gasteiger partial charge in [0.2, 0.25) is 5.95 Å². The lowest BCUT2D eigenvalue weighted by Gasteiger charge is -2.12. The Bertz CT molecular complexity index is 1420. The molecule has 33 heavy (non-hydrogen) atoms. The first-order valence-electron chi connectivity index (χ1n) is 9.40. The summed E-state index contributed by atoms with van der Waals surface area (Å²) in [6, 6.07) is 7.58. The Balaban J connectivity index is 2.17. The van der Waals surface area contributed by atoms with Crippen molar-refractivity contribution in [3.8, 4) is 11.3 Å². The van der Waals surface area contributed by atoms with Gasteiger partial charge < -0.3 is 10.4 Å². The number of carbonyl (C=O) groups is 1. The number of benzene rings is 1. The van der Waals surface area contributed by atoms with Crippen LogP contribution in [0.2, 0.25) is 0 Å². The molecule has 3 aromatic rings. The number of sulfone groups is 1. The molecular weight excluding hydrogens is 480 g/mol. The molecule has 0 saturated heterocycles. The van der Waals surface area contributed by atoms with E-state index in [1.54, 1.807) is 0 Å². The third kappa shape index (κ3) is 5.54. The first kappa shape index (κ1) is 24.3. The van der Waals surface area contributed by atoms with E-state index < -0.39 is 54.7 Å². The second-order valence-corrected chi connectivity index (χ2v) is 11.1. The molecule has 0 saturated carbocycles. The van der Waals surface area contributed by atoms with Gasteiger partial charge in [-0.1, -0.05) is 12.1 Å². The van der Waals surface area contributed by atoms with Crippen molar-refractivity contribution in [2.45, 2.75) is 17.1 Å². The van der Waals surface area contributed by atoms with Crippen LogP contribution in [0.5, 0.6) is 0 Å². The predicted molar refractivity (Wildman–Crippen MR) is 115 cm³/mol. The fraction of sp³-hybridized carbons (Fsp3) is 0.200. The van der Waals surface area contributed by atoms with E-state index in [4.69, 9.17) is 5.11 Å². The highest BCUT2D eigenvalue weighted by Gasteiger charge is 2.28. The molecule has 9 nitrogen and oxygen atoms in total. The van der Waals surface area contributed by atoms with Gasteiger partial charge in [0.25, 0.3) is 10.0 Å². The molecule has 1 amide bonds. The first-order chi connectivity index (χ1) is 15.4. The number of aromatic nitrogens is 2. The monoisotopic (exact) mass is 499 g/mol. The molecular formula is C20H19F2N3O6S2. The molecule has 13 heteroatoms. The maximum Gasteiger partial charge on any atom is 0.404 e. The topological polar surface area (TPSA) is 135 Å². The third-order valence-corrected chi connectivity index (χ3v) is 7.07. The summed E-state index contributed by atoms with van der Waals surface area (Å²) in [5, 5.41) is 10.8. The summed E-state index contributed by atoms with van der Waals surface area (Å²) in [5.74, 6) is -2.57. The molecule has 1 aromatic carbocycles. The van der Waals surface area contributed by atoms with Crippen molar-refractivity contribution in [3.63, 3.8) is 0 Å². The average molecular weight is 500 g/mol. The molecule has 0 fully saturated rings. The first-order valence-corrected chi connectivity index (χ1v) is 12.9. The van der Waals surface area contributed by atoms with Crippen molar-refractivity contribution >= 4 is 26.0 Å². The molecule has 0 bridgehead atoms. The van der Waals surface area contributed by atoms with E-state index in [0.717, 1.165) is 30.8 Å². The summed E-state index contributed by atoms with van der Waals surface area (Å²) < 4.78 is 80.3. The van der Waals surface area contributed by atoms with Crippen LogP contribution in [0, 0.1) is 11.8 Å². The standard InChI is InChI=1S/C20H19F2N3O6S2/c1-32(28,29)12-13-4-2-5-15(10-13)33(30,31)25-11-14(7-9-24-20(26)27)17(21)18(25)16-6-3-8-23-19(16)22/h2-6,8,10-11,24H,7,9,12H2,1H3,(H,26,27). The van der Waals surface area contributed by atoms with Gasteiger partial charge in [0.1, 0.15) is 5.69 Å².